The van der Waals surface area contributed by atoms with Crippen LogP contribution < -0.4 is 0 Å². The second kappa shape index (κ2) is 9.30. The number of hydrogen-bond acceptors (Lipinski definition) is 0. The van der Waals surface area contributed by atoms with E-state index in [9.17, 15) is 0 Å². The lowest BCUT2D eigenvalue weighted by molar-refractivity contribution is 0.0917. The normalized spacial score (nSPS) is 18.1. The molecule has 0 heterocycles. The zero-order valence-electron chi connectivity index (χ0n) is 15.5. The Morgan fingerprint density at radius 2 is 1.13 bits per heavy atom. The monoisotopic (exact) mass is 312 g/mol. The van der Waals surface area contributed by atoms with Gasteiger partial charge in [-0.05, 0) is 17.8 Å². The minimum absolute atomic E-state index is 0.358. The van der Waals surface area contributed by atoms with E-state index in [4.69, 9.17) is 0 Å². The molecule has 0 aromatic heterocycles. The summed E-state index contributed by atoms with van der Waals surface area (Å²) in [4.78, 5) is 0. The summed E-state index contributed by atoms with van der Waals surface area (Å²) in [6, 6.07) is 0. The smallest absolute Gasteiger partial charge is 0.00204 e. The Kier molecular flexibility index (Phi) is 7.40. The molecule has 0 fully saturated rings. The van der Waals surface area contributed by atoms with Gasteiger partial charge in [-0.1, -0.05) is 114 Å². The molecule has 0 N–H and O–H groups in total. The van der Waals surface area contributed by atoms with Crippen molar-refractivity contribution in [3.8, 4) is 0 Å². The van der Waals surface area contributed by atoms with Crippen LogP contribution in [0, 0.1) is 23.2 Å². The summed E-state index contributed by atoms with van der Waals surface area (Å²) in [5, 5.41) is 0. The van der Waals surface area contributed by atoms with E-state index in [0.29, 0.717) is 23.2 Å². The molecule has 0 amide bonds. The van der Waals surface area contributed by atoms with Crippen molar-refractivity contribution in [1.82, 2.24) is 0 Å². The Hall–Kier alpha value is -1.04. The zero-order chi connectivity index (χ0) is 16.5. The van der Waals surface area contributed by atoms with Crippen molar-refractivity contribution < 1.29 is 0 Å². The molecule has 0 nitrogen and oxygen atoms in total. The summed E-state index contributed by atoms with van der Waals surface area (Å²) >= 11 is 0. The molecule has 0 unspecified atom stereocenters. The molecule has 128 valence electrons. The Labute approximate surface area is 144 Å². The van der Waals surface area contributed by atoms with E-state index in [-0.39, 0.29) is 0 Å². The summed E-state index contributed by atoms with van der Waals surface area (Å²) in [6.45, 7) is 7.16. The van der Waals surface area contributed by atoms with Gasteiger partial charge in [-0.3, -0.25) is 0 Å². The topological polar surface area (TPSA) is 0 Å². The first-order valence-corrected chi connectivity index (χ1v) is 9.91. The molecular formula is C23H36. The first-order valence-electron chi connectivity index (χ1n) is 9.91. The van der Waals surface area contributed by atoms with Gasteiger partial charge in [0.05, 0.1) is 0 Å². The van der Waals surface area contributed by atoms with Crippen molar-refractivity contribution in [2.75, 3.05) is 0 Å². The second-order valence-corrected chi connectivity index (χ2v) is 7.73. The fourth-order valence-electron chi connectivity index (χ4n) is 4.58. The molecule has 0 aliphatic heterocycles. The fraction of sp³-hybridized carbons (Fsp3) is 0.652. The van der Waals surface area contributed by atoms with Crippen molar-refractivity contribution in [3.63, 3.8) is 0 Å². The van der Waals surface area contributed by atoms with Crippen LogP contribution in [-0.4, -0.2) is 0 Å². The predicted molar refractivity (Wildman–Crippen MR) is 103 cm³/mol. The lowest BCUT2D eigenvalue weighted by Gasteiger charge is -2.45. The highest BCUT2D eigenvalue weighted by atomic mass is 14.5. The van der Waals surface area contributed by atoms with Crippen LogP contribution in [0.25, 0.3) is 0 Å². The van der Waals surface area contributed by atoms with Gasteiger partial charge in [-0.25, -0.2) is 0 Å². The second-order valence-electron chi connectivity index (χ2n) is 7.73. The summed E-state index contributed by atoms with van der Waals surface area (Å²) in [7, 11) is 0. The molecule has 2 aliphatic carbocycles. The molecule has 0 atom stereocenters. The van der Waals surface area contributed by atoms with Crippen LogP contribution in [-0.2, 0) is 0 Å². The van der Waals surface area contributed by atoms with E-state index in [1.54, 1.807) is 0 Å². The maximum Gasteiger partial charge on any atom is 0.00204 e. The molecule has 0 spiro atoms. The molecule has 2 aliphatic rings. The average Bonchev–Trinajstić information content (AvgIpc) is 3.23. The van der Waals surface area contributed by atoms with Crippen LogP contribution in [0.2, 0.25) is 0 Å². The number of unbranched alkanes of at least 4 members (excludes halogenated alkanes) is 6. The molecule has 0 aromatic rings. The predicted octanol–water partition coefficient (Wildman–Crippen LogP) is 7.25. The van der Waals surface area contributed by atoms with Gasteiger partial charge >= 0.3 is 0 Å². The van der Waals surface area contributed by atoms with Gasteiger partial charge in [0.15, 0.2) is 0 Å². The minimum atomic E-state index is 0.358. The van der Waals surface area contributed by atoms with E-state index in [1.165, 1.54) is 51.4 Å². The lowest BCUT2D eigenvalue weighted by Crippen LogP contribution is -2.39. The van der Waals surface area contributed by atoms with E-state index in [0.717, 1.165) is 0 Å². The summed E-state index contributed by atoms with van der Waals surface area (Å²) in [5.74, 6) is 1.89. The van der Waals surface area contributed by atoms with Crippen LogP contribution in [0.15, 0.2) is 48.6 Å². The third kappa shape index (κ3) is 4.49. The molecule has 0 bridgehead atoms. The SMILES string of the molecule is CCCCCCCCCC(C(C)C)(C1C=CC=C1)C1C=CC=C1. The van der Waals surface area contributed by atoms with Crippen molar-refractivity contribution in [1.29, 1.82) is 0 Å². The van der Waals surface area contributed by atoms with E-state index in [2.05, 4.69) is 69.4 Å². The standard InChI is InChI=1S/C23H36/c1-4-5-6-7-8-9-14-19-23(20(2)3,21-15-10-11-16-21)22-17-12-13-18-22/h10-13,15-18,20-22H,4-9,14,19H2,1-3H3. The number of hydrogen-bond donors (Lipinski definition) is 0. The Balaban J connectivity index is 1.96. The van der Waals surface area contributed by atoms with Gasteiger partial charge in [-0.15, -0.1) is 0 Å². The van der Waals surface area contributed by atoms with Gasteiger partial charge in [0.2, 0.25) is 0 Å². The average molecular weight is 313 g/mol. The maximum absolute atomic E-state index is 2.43. The molecule has 2 rings (SSSR count). The Bertz CT molecular complexity index is 395. The van der Waals surface area contributed by atoms with E-state index >= 15 is 0 Å². The minimum Gasteiger partial charge on any atom is -0.0770 e. The number of allylic oxidation sites excluding steroid dienone is 8. The fourth-order valence-corrected chi connectivity index (χ4v) is 4.58. The van der Waals surface area contributed by atoms with Crippen LogP contribution in [0.1, 0.15) is 72.1 Å². The van der Waals surface area contributed by atoms with Gasteiger partial charge < -0.3 is 0 Å². The summed E-state index contributed by atoms with van der Waals surface area (Å²) < 4.78 is 0. The third-order valence-corrected chi connectivity index (χ3v) is 6.03. The van der Waals surface area contributed by atoms with Gasteiger partial charge in [0.25, 0.3) is 0 Å². The lowest BCUT2D eigenvalue weighted by atomic mass is 9.58. The molecule has 23 heavy (non-hydrogen) atoms. The molecule has 0 saturated heterocycles. The molecule has 0 radical (unpaired) electrons. The third-order valence-electron chi connectivity index (χ3n) is 6.03. The molecule has 0 heteroatoms. The van der Waals surface area contributed by atoms with Crippen molar-refractivity contribution in [2.45, 2.75) is 72.1 Å². The first-order chi connectivity index (χ1) is 11.2. The van der Waals surface area contributed by atoms with Crippen LogP contribution in [0.5, 0.6) is 0 Å². The van der Waals surface area contributed by atoms with Crippen molar-refractivity contribution in [3.05, 3.63) is 48.6 Å². The van der Waals surface area contributed by atoms with Crippen molar-refractivity contribution >= 4 is 0 Å². The zero-order valence-corrected chi connectivity index (χ0v) is 15.5. The maximum atomic E-state index is 2.43. The quantitative estimate of drug-likeness (QED) is 0.352. The van der Waals surface area contributed by atoms with Gasteiger partial charge in [0, 0.05) is 11.8 Å². The van der Waals surface area contributed by atoms with E-state index < -0.39 is 0 Å². The van der Waals surface area contributed by atoms with Crippen LogP contribution in [0.4, 0.5) is 0 Å². The van der Waals surface area contributed by atoms with E-state index in [1.807, 2.05) is 0 Å². The Morgan fingerprint density at radius 3 is 1.57 bits per heavy atom. The highest BCUT2D eigenvalue weighted by molar-refractivity contribution is 5.28. The first kappa shape index (κ1) is 18.3. The molecule has 0 aromatic carbocycles. The summed E-state index contributed by atoms with van der Waals surface area (Å²) in [6.07, 6.45) is 29.8. The van der Waals surface area contributed by atoms with Gasteiger partial charge in [-0.2, -0.15) is 0 Å². The van der Waals surface area contributed by atoms with Crippen LogP contribution >= 0.6 is 0 Å². The summed E-state index contributed by atoms with van der Waals surface area (Å²) in [5.41, 5.74) is 0.358. The number of rotatable bonds is 11. The van der Waals surface area contributed by atoms with Crippen LogP contribution in [0.3, 0.4) is 0 Å². The molecule has 0 saturated carbocycles. The van der Waals surface area contributed by atoms with Crippen molar-refractivity contribution in [2.24, 2.45) is 23.2 Å². The Morgan fingerprint density at radius 1 is 0.696 bits per heavy atom. The highest BCUT2D eigenvalue weighted by Crippen LogP contribution is 2.51. The highest BCUT2D eigenvalue weighted by Gasteiger charge is 2.44. The largest absolute Gasteiger partial charge is 0.0770 e. The molecular weight excluding hydrogens is 276 g/mol. The van der Waals surface area contributed by atoms with Gasteiger partial charge in [0.1, 0.15) is 0 Å².